The molecule has 1 unspecified atom stereocenters. The van der Waals surface area contributed by atoms with E-state index < -0.39 is 0 Å². The molecule has 0 aromatic carbocycles. The zero-order valence-corrected chi connectivity index (χ0v) is 8.89. The molecule has 1 aliphatic rings. The molecule has 0 bridgehead atoms. The van der Waals surface area contributed by atoms with Crippen LogP contribution >= 0.6 is 23.5 Å². The maximum absolute atomic E-state index is 2.32. The molecule has 1 aliphatic carbocycles. The lowest BCUT2D eigenvalue weighted by atomic mass is 10.0. The predicted octanol–water partition coefficient (Wildman–Crippen LogP) is 3.31. The van der Waals surface area contributed by atoms with E-state index in [9.17, 15) is 0 Å². The summed E-state index contributed by atoms with van der Waals surface area (Å²) in [7, 11) is 0. The molecule has 0 fully saturated rings. The lowest BCUT2D eigenvalue weighted by Crippen LogP contribution is -2.16. The first-order valence-corrected chi connectivity index (χ1v) is 6.14. The van der Waals surface area contributed by atoms with Gasteiger partial charge in [-0.1, -0.05) is 18.2 Å². The minimum Gasteiger partial charge on any atom is -0.154 e. The van der Waals surface area contributed by atoms with Crippen LogP contribution in [0.2, 0.25) is 0 Å². The van der Waals surface area contributed by atoms with Gasteiger partial charge in [-0.05, 0) is 25.9 Å². The Labute approximate surface area is 77.5 Å². The van der Waals surface area contributed by atoms with E-state index in [2.05, 4.69) is 37.7 Å². The third-order valence-electron chi connectivity index (χ3n) is 2.01. The Balaban J connectivity index is 2.63. The monoisotopic (exact) mass is 186 g/mol. The highest BCUT2D eigenvalue weighted by atomic mass is 32.2. The number of allylic oxidation sites excluding steroid dienone is 2. The molecule has 0 saturated carbocycles. The summed E-state index contributed by atoms with van der Waals surface area (Å²) >= 11 is 3.74. The number of rotatable bonds is 2. The van der Waals surface area contributed by atoms with Crippen molar-refractivity contribution >= 4 is 23.5 Å². The average molecular weight is 186 g/mol. The zero-order valence-electron chi connectivity index (χ0n) is 7.26. The van der Waals surface area contributed by atoms with Crippen LogP contribution in [0.3, 0.4) is 0 Å². The summed E-state index contributed by atoms with van der Waals surface area (Å²) in [4.78, 5) is 1.40. The first-order valence-electron chi connectivity index (χ1n) is 3.69. The van der Waals surface area contributed by atoms with Crippen LogP contribution < -0.4 is 0 Å². The highest BCUT2D eigenvalue weighted by Gasteiger charge is 2.20. The molecule has 0 nitrogen and oxygen atoms in total. The molecule has 1 rings (SSSR count). The standard InChI is InChI=1S/C9H14S2/c1-9(11-3)6-4-8(10-2)5-7-9/h4-6H,7H2,1-3H3. The third kappa shape index (κ3) is 2.31. The molecule has 0 aromatic rings. The van der Waals surface area contributed by atoms with E-state index in [0.717, 1.165) is 0 Å². The van der Waals surface area contributed by atoms with E-state index in [1.54, 1.807) is 0 Å². The summed E-state index contributed by atoms with van der Waals surface area (Å²) in [5.41, 5.74) is 0. The predicted molar refractivity (Wildman–Crippen MR) is 57.3 cm³/mol. The fourth-order valence-electron chi connectivity index (χ4n) is 1.00. The first kappa shape index (κ1) is 9.27. The van der Waals surface area contributed by atoms with Crippen LogP contribution in [0.5, 0.6) is 0 Å². The highest BCUT2D eigenvalue weighted by Crippen LogP contribution is 2.34. The molecule has 2 heteroatoms. The van der Waals surface area contributed by atoms with Crippen molar-refractivity contribution in [1.82, 2.24) is 0 Å². The average Bonchev–Trinajstić information content (AvgIpc) is 2.06. The number of hydrogen-bond donors (Lipinski definition) is 0. The van der Waals surface area contributed by atoms with Crippen molar-refractivity contribution in [2.75, 3.05) is 12.5 Å². The van der Waals surface area contributed by atoms with E-state index >= 15 is 0 Å². The van der Waals surface area contributed by atoms with Gasteiger partial charge in [-0.25, -0.2) is 0 Å². The van der Waals surface area contributed by atoms with Crippen molar-refractivity contribution in [2.45, 2.75) is 18.1 Å². The molecule has 0 amide bonds. The maximum Gasteiger partial charge on any atom is 0.0346 e. The molecule has 0 N–H and O–H groups in total. The van der Waals surface area contributed by atoms with Gasteiger partial charge in [0.25, 0.3) is 0 Å². The summed E-state index contributed by atoms with van der Waals surface area (Å²) < 4.78 is 0.346. The summed E-state index contributed by atoms with van der Waals surface area (Å²) in [6.07, 6.45) is 12.3. The van der Waals surface area contributed by atoms with Gasteiger partial charge in [-0.15, -0.1) is 11.8 Å². The first-order chi connectivity index (χ1) is 5.20. The van der Waals surface area contributed by atoms with Crippen molar-refractivity contribution in [2.24, 2.45) is 0 Å². The maximum atomic E-state index is 2.32. The quantitative estimate of drug-likeness (QED) is 0.649. The molecule has 0 spiro atoms. The molecule has 0 radical (unpaired) electrons. The molecular formula is C9H14S2. The summed E-state index contributed by atoms with van der Waals surface area (Å²) in [6.45, 7) is 2.28. The van der Waals surface area contributed by atoms with Gasteiger partial charge in [0.2, 0.25) is 0 Å². The van der Waals surface area contributed by atoms with E-state index in [4.69, 9.17) is 0 Å². The van der Waals surface area contributed by atoms with Gasteiger partial charge in [0, 0.05) is 9.65 Å². The number of thioether (sulfide) groups is 2. The van der Waals surface area contributed by atoms with Gasteiger partial charge >= 0.3 is 0 Å². The fourth-order valence-corrected chi connectivity index (χ4v) is 1.91. The lowest BCUT2D eigenvalue weighted by Gasteiger charge is -2.25. The van der Waals surface area contributed by atoms with Gasteiger partial charge in [-0.2, -0.15) is 11.8 Å². The molecular weight excluding hydrogens is 172 g/mol. The molecule has 0 saturated heterocycles. The van der Waals surface area contributed by atoms with Gasteiger partial charge in [-0.3, -0.25) is 0 Å². The topological polar surface area (TPSA) is 0 Å². The van der Waals surface area contributed by atoms with Crippen molar-refractivity contribution in [3.05, 3.63) is 23.1 Å². The molecule has 0 heterocycles. The van der Waals surface area contributed by atoms with Crippen LogP contribution in [-0.2, 0) is 0 Å². The van der Waals surface area contributed by atoms with Crippen molar-refractivity contribution in [3.8, 4) is 0 Å². The third-order valence-corrected chi connectivity index (χ3v) is 4.02. The highest BCUT2D eigenvalue weighted by molar-refractivity contribution is 8.02. The van der Waals surface area contributed by atoms with E-state index in [-0.39, 0.29) is 0 Å². The van der Waals surface area contributed by atoms with Crippen molar-refractivity contribution in [1.29, 1.82) is 0 Å². The lowest BCUT2D eigenvalue weighted by molar-refractivity contribution is 0.798. The summed E-state index contributed by atoms with van der Waals surface area (Å²) in [5.74, 6) is 0. The van der Waals surface area contributed by atoms with Crippen LogP contribution in [0.25, 0.3) is 0 Å². The van der Waals surface area contributed by atoms with E-state index in [1.807, 2.05) is 23.5 Å². The Hall–Kier alpha value is 0.180. The molecule has 0 aliphatic heterocycles. The summed E-state index contributed by atoms with van der Waals surface area (Å²) in [6, 6.07) is 0. The second-order valence-corrected chi connectivity index (χ2v) is 5.09. The Kier molecular flexibility index (Phi) is 3.14. The largest absolute Gasteiger partial charge is 0.154 e. The Morgan fingerprint density at radius 1 is 1.45 bits per heavy atom. The smallest absolute Gasteiger partial charge is 0.0346 e. The van der Waals surface area contributed by atoms with Crippen LogP contribution in [0.1, 0.15) is 13.3 Å². The Morgan fingerprint density at radius 2 is 2.18 bits per heavy atom. The van der Waals surface area contributed by atoms with Gasteiger partial charge in [0.1, 0.15) is 0 Å². The molecule has 0 aromatic heterocycles. The van der Waals surface area contributed by atoms with Gasteiger partial charge in [0.15, 0.2) is 0 Å². The van der Waals surface area contributed by atoms with E-state index in [0.29, 0.717) is 4.75 Å². The number of hydrogen-bond acceptors (Lipinski definition) is 2. The van der Waals surface area contributed by atoms with Crippen LogP contribution in [0, 0.1) is 0 Å². The molecule has 1 atom stereocenters. The minimum absolute atomic E-state index is 0.346. The fraction of sp³-hybridized carbons (Fsp3) is 0.556. The van der Waals surface area contributed by atoms with Gasteiger partial charge in [0.05, 0.1) is 0 Å². The van der Waals surface area contributed by atoms with Crippen LogP contribution in [0.4, 0.5) is 0 Å². The minimum atomic E-state index is 0.346. The second kappa shape index (κ2) is 3.72. The van der Waals surface area contributed by atoms with Crippen molar-refractivity contribution < 1.29 is 0 Å². The van der Waals surface area contributed by atoms with Crippen LogP contribution in [0.15, 0.2) is 23.1 Å². The Bertz CT molecular complexity index is 194. The summed E-state index contributed by atoms with van der Waals surface area (Å²) in [5, 5.41) is 0. The SMILES string of the molecule is CSC1=CCC(C)(SC)C=C1. The zero-order chi connectivity index (χ0) is 8.32. The molecule has 11 heavy (non-hydrogen) atoms. The normalized spacial score (nSPS) is 30.3. The Morgan fingerprint density at radius 3 is 2.55 bits per heavy atom. The van der Waals surface area contributed by atoms with E-state index in [1.165, 1.54) is 11.3 Å². The van der Waals surface area contributed by atoms with Crippen molar-refractivity contribution in [3.63, 3.8) is 0 Å². The second-order valence-electron chi connectivity index (χ2n) is 2.86. The van der Waals surface area contributed by atoms with Gasteiger partial charge < -0.3 is 0 Å². The molecule has 62 valence electrons. The van der Waals surface area contributed by atoms with Crippen LogP contribution in [-0.4, -0.2) is 17.3 Å².